The summed E-state index contributed by atoms with van der Waals surface area (Å²) < 4.78 is 5.67. The molecule has 0 radical (unpaired) electrons. The lowest BCUT2D eigenvalue weighted by molar-refractivity contribution is -0.121. The van der Waals surface area contributed by atoms with Gasteiger partial charge in [-0.2, -0.15) is 5.10 Å². The Morgan fingerprint density at radius 3 is 3.13 bits per heavy atom. The van der Waals surface area contributed by atoms with E-state index >= 15 is 0 Å². The lowest BCUT2D eigenvalue weighted by Crippen LogP contribution is -2.35. The van der Waals surface area contributed by atoms with E-state index < -0.39 is 0 Å². The summed E-state index contributed by atoms with van der Waals surface area (Å²) >= 11 is 5.91. The van der Waals surface area contributed by atoms with E-state index in [1.165, 1.54) is 0 Å². The van der Waals surface area contributed by atoms with Crippen LogP contribution in [0, 0.1) is 18.8 Å². The number of carbonyl (C=O) groups excluding carboxylic acids is 1. The number of nitrogens with zero attached hydrogens (tertiary/aromatic N) is 1. The molecule has 0 bridgehead atoms. The molecule has 122 valence electrons. The summed E-state index contributed by atoms with van der Waals surface area (Å²) in [5.41, 5.74) is 4.79. The number of rotatable bonds is 6. The fourth-order valence-electron chi connectivity index (χ4n) is 3.04. The summed E-state index contributed by atoms with van der Waals surface area (Å²) in [6.07, 6.45) is 7.58. The third kappa shape index (κ3) is 3.94. The van der Waals surface area contributed by atoms with E-state index in [9.17, 15) is 4.79 Å². The lowest BCUT2D eigenvalue weighted by Gasteiger charge is -2.31. The van der Waals surface area contributed by atoms with Crippen LogP contribution >= 0.6 is 11.6 Å². The molecule has 0 saturated heterocycles. The molecular weight excluding hydrogens is 312 g/mol. The van der Waals surface area contributed by atoms with E-state index in [0.29, 0.717) is 36.3 Å². The number of hydrazone groups is 1. The maximum absolute atomic E-state index is 11.8. The Kier molecular flexibility index (Phi) is 5.01. The molecule has 3 rings (SSSR count). The number of halogens is 1. The minimum absolute atomic E-state index is 0.0525. The quantitative estimate of drug-likeness (QED) is 0.488. The Bertz CT molecular complexity index is 654. The van der Waals surface area contributed by atoms with Crippen molar-refractivity contribution in [2.24, 2.45) is 16.9 Å². The first-order valence-electron chi connectivity index (χ1n) is 8.04. The number of fused-ring (bicyclic) bond motifs is 1. The van der Waals surface area contributed by atoms with Gasteiger partial charge in [-0.25, -0.2) is 5.43 Å². The SMILES string of the molecule is Cc1cc(Cl)ccc1OCCCC(=O)N/N=C1\C[C@@H]2C=CC[C@@H]12. The monoisotopic (exact) mass is 332 g/mol. The number of hydrogen-bond acceptors (Lipinski definition) is 3. The van der Waals surface area contributed by atoms with Crippen molar-refractivity contribution >= 4 is 23.2 Å². The Morgan fingerprint density at radius 2 is 2.35 bits per heavy atom. The van der Waals surface area contributed by atoms with Crippen LogP contribution in [0.5, 0.6) is 5.75 Å². The third-order valence-corrected chi connectivity index (χ3v) is 4.66. The van der Waals surface area contributed by atoms with E-state index in [-0.39, 0.29) is 5.91 Å². The Labute approximate surface area is 141 Å². The highest BCUT2D eigenvalue weighted by molar-refractivity contribution is 6.30. The number of allylic oxidation sites excluding steroid dienone is 2. The van der Waals surface area contributed by atoms with Gasteiger partial charge < -0.3 is 4.74 Å². The van der Waals surface area contributed by atoms with Crippen LogP contribution in [-0.2, 0) is 4.79 Å². The zero-order chi connectivity index (χ0) is 16.2. The van der Waals surface area contributed by atoms with Crippen LogP contribution in [0.1, 0.15) is 31.2 Å². The van der Waals surface area contributed by atoms with Gasteiger partial charge in [0.15, 0.2) is 0 Å². The first-order chi connectivity index (χ1) is 11.1. The number of nitrogens with one attached hydrogen (secondary N) is 1. The van der Waals surface area contributed by atoms with Crippen LogP contribution in [0.25, 0.3) is 0 Å². The van der Waals surface area contributed by atoms with Gasteiger partial charge in [-0.3, -0.25) is 4.79 Å². The predicted molar refractivity (Wildman–Crippen MR) is 91.8 cm³/mol. The number of ether oxygens (including phenoxy) is 1. The average Bonchev–Trinajstić information content (AvgIpc) is 2.87. The largest absolute Gasteiger partial charge is 0.493 e. The second-order valence-corrected chi connectivity index (χ2v) is 6.57. The molecule has 2 aliphatic carbocycles. The van der Waals surface area contributed by atoms with E-state index in [1.807, 2.05) is 19.1 Å². The van der Waals surface area contributed by atoms with Crippen molar-refractivity contribution in [2.45, 2.75) is 32.6 Å². The average molecular weight is 333 g/mol. The zero-order valence-electron chi connectivity index (χ0n) is 13.2. The first-order valence-corrected chi connectivity index (χ1v) is 8.42. The summed E-state index contributed by atoms with van der Waals surface area (Å²) in [4.78, 5) is 11.8. The molecule has 1 fully saturated rings. The molecule has 1 N–H and O–H groups in total. The molecule has 4 nitrogen and oxygen atoms in total. The predicted octanol–water partition coefficient (Wildman–Crippen LogP) is 3.88. The summed E-state index contributed by atoms with van der Waals surface area (Å²) in [5, 5.41) is 4.95. The first kappa shape index (κ1) is 16.1. The normalized spacial score (nSPS) is 23.5. The van der Waals surface area contributed by atoms with Crippen molar-refractivity contribution in [3.63, 3.8) is 0 Å². The fourth-order valence-corrected chi connectivity index (χ4v) is 3.27. The Balaban J connectivity index is 1.34. The minimum Gasteiger partial charge on any atom is -0.493 e. The molecule has 5 heteroatoms. The van der Waals surface area contributed by atoms with Gasteiger partial charge in [-0.05, 0) is 55.9 Å². The molecule has 0 unspecified atom stereocenters. The van der Waals surface area contributed by atoms with E-state index in [1.54, 1.807) is 6.07 Å². The van der Waals surface area contributed by atoms with E-state index in [2.05, 4.69) is 22.7 Å². The molecule has 23 heavy (non-hydrogen) atoms. The standard InChI is InChI=1S/C18H21ClN2O2/c1-12-10-14(19)7-8-17(12)23-9-3-6-18(22)21-20-16-11-13-4-2-5-15(13)16/h2,4,7-8,10,13,15H,3,5-6,9,11H2,1H3,(H,21,22)/b20-16+/t13-,15+/m0/s1. The van der Waals surface area contributed by atoms with Gasteiger partial charge in [0.25, 0.3) is 0 Å². The highest BCUT2D eigenvalue weighted by Crippen LogP contribution is 2.40. The van der Waals surface area contributed by atoms with Gasteiger partial charge in [-0.15, -0.1) is 0 Å². The van der Waals surface area contributed by atoms with Gasteiger partial charge in [0.1, 0.15) is 5.75 Å². The van der Waals surface area contributed by atoms with E-state index in [4.69, 9.17) is 16.3 Å². The summed E-state index contributed by atoms with van der Waals surface area (Å²) in [7, 11) is 0. The van der Waals surface area contributed by atoms with Crippen molar-refractivity contribution in [1.82, 2.24) is 5.43 Å². The maximum Gasteiger partial charge on any atom is 0.240 e. The van der Waals surface area contributed by atoms with Crippen molar-refractivity contribution in [3.8, 4) is 5.75 Å². The van der Waals surface area contributed by atoms with Crippen LogP contribution in [0.2, 0.25) is 5.02 Å². The number of hydrogen-bond donors (Lipinski definition) is 1. The molecule has 1 saturated carbocycles. The van der Waals surface area contributed by atoms with Crippen LogP contribution < -0.4 is 10.2 Å². The van der Waals surface area contributed by atoms with E-state index in [0.717, 1.165) is 29.9 Å². The molecule has 1 aromatic rings. The Hall–Kier alpha value is -1.81. The summed E-state index contributed by atoms with van der Waals surface area (Å²) in [6, 6.07) is 5.52. The molecule has 2 aliphatic rings. The van der Waals surface area contributed by atoms with Crippen molar-refractivity contribution in [1.29, 1.82) is 0 Å². The van der Waals surface area contributed by atoms with Crippen molar-refractivity contribution < 1.29 is 9.53 Å². The zero-order valence-corrected chi connectivity index (χ0v) is 14.0. The van der Waals surface area contributed by atoms with Gasteiger partial charge in [0.2, 0.25) is 5.91 Å². The van der Waals surface area contributed by atoms with Gasteiger partial charge in [-0.1, -0.05) is 23.8 Å². The lowest BCUT2D eigenvalue weighted by atomic mass is 9.74. The number of benzene rings is 1. The molecule has 2 atom stereocenters. The summed E-state index contributed by atoms with van der Waals surface area (Å²) in [5.74, 6) is 1.95. The fraction of sp³-hybridized carbons (Fsp3) is 0.444. The van der Waals surface area contributed by atoms with Crippen molar-refractivity contribution in [3.05, 3.63) is 40.9 Å². The Morgan fingerprint density at radius 1 is 1.48 bits per heavy atom. The highest BCUT2D eigenvalue weighted by Gasteiger charge is 2.37. The van der Waals surface area contributed by atoms with Crippen LogP contribution in [-0.4, -0.2) is 18.2 Å². The molecule has 1 amide bonds. The van der Waals surface area contributed by atoms with Gasteiger partial charge in [0, 0.05) is 23.1 Å². The van der Waals surface area contributed by atoms with Crippen molar-refractivity contribution in [2.75, 3.05) is 6.61 Å². The molecule has 0 aromatic heterocycles. The van der Waals surface area contributed by atoms with Gasteiger partial charge >= 0.3 is 0 Å². The van der Waals surface area contributed by atoms with Crippen LogP contribution in [0.15, 0.2) is 35.5 Å². The third-order valence-electron chi connectivity index (χ3n) is 4.43. The topological polar surface area (TPSA) is 50.7 Å². The highest BCUT2D eigenvalue weighted by atomic mass is 35.5. The molecular formula is C18H21ClN2O2. The smallest absolute Gasteiger partial charge is 0.240 e. The summed E-state index contributed by atoms with van der Waals surface area (Å²) in [6.45, 7) is 2.45. The second kappa shape index (κ2) is 7.18. The number of amides is 1. The molecule has 0 heterocycles. The number of carbonyl (C=O) groups is 1. The minimum atomic E-state index is -0.0525. The second-order valence-electron chi connectivity index (χ2n) is 6.14. The van der Waals surface area contributed by atoms with Gasteiger partial charge in [0.05, 0.1) is 6.61 Å². The van der Waals surface area contributed by atoms with Crippen LogP contribution in [0.4, 0.5) is 0 Å². The molecule has 0 aliphatic heterocycles. The maximum atomic E-state index is 11.8. The molecule has 1 aromatic carbocycles. The molecule has 0 spiro atoms. The van der Waals surface area contributed by atoms with Crippen LogP contribution in [0.3, 0.4) is 0 Å². The number of aryl methyl sites for hydroxylation is 1.